The van der Waals surface area contributed by atoms with Crippen LogP contribution < -0.4 is 5.73 Å². The highest BCUT2D eigenvalue weighted by Crippen LogP contribution is 2.01. The Hall–Kier alpha value is -0.300. The predicted molar refractivity (Wildman–Crippen MR) is 42.3 cm³/mol. The maximum absolute atomic E-state index is 5.55. The average molecular weight is 127 g/mol. The number of rotatable bonds is 5. The molecule has 2 N–H and O–H groups in total. The van der Waals surface area contributed by atoms with E-state index in [-0.39, 0.29) is 0 Å². The molecule has 9 heavy (non-hydrogen) atoms. The van der Waals surface area contributed by atoms with E-state index in [1.54, 1.807) is 0 Å². The van der Waals surface area contributed by atoms with Crippen LogP contribution in [0.5, 0.6) is 0 Å². The number of unbranched alkanes of at least 4 members (excludes halogenated alkanes) is 2. The van der Waals surface area contributed by atoms with Gasteiger partial charge in [-0.25, -0.2) is 0 Å². The first-order valence-corrected chi connectivity index (χ1v) is 3.64. The van der Waals surface area contributed by atoms with Crippen molar-refractivity contribution in [1.82, 2.24) is 0 Å². The highest BCUT2D eigenvalue weighted by Gasteiger charge is 1.91. The molecule has 0 aliphatic carbocycles. The third kappa shape index (κ3) is 7.70. The molecule has 1 atom stereocenters. The molecular formula is C8H17N. The van der Waals surface area contributed by atoms with Crippen LogP contribution in [0.4, 0.5) is 0 Å². The minimum absolute atomic E-state index is 0.370. The molecule has 0 aliphatic rings. The van der Waals surface area contributed by atoms with Gasteiger partial charge in [0.15, 0.2) is 0 Å². The molecule has 54 valence electrons. The van der Waals surface area contributed by atoms with Gasteiger partial charge in [0.2, 0.25) is 0 Å². The molecule has 0 bridgehead atoms. The first-order chi connectivity index (χ1) is 4.27. The zero-order chi connectivity index (χ0) is 7.11. The Labute approximate surface area is 57.9 Å². The van der Waals surface area contributed by atoms with E-state index in [1.807, 2.05) is 13.0 Å². The van der Waals surface area contributed by atoms with Gasteiger partial charge in [0, 0.05) is 6.04 Å². The van der Waals surface area contributed by atoms with E-state index in [9.17, 15) is 0 Å². The van der Waals surface area contributed by atoms with Crippen molar-refractivity contribution in [2.45, 2.75) is 38.6 Å². The van der Waals surface area contributed by atoms with Crippen LogP contribution in [-0.4, -0.2) is 6.04 Å². The summed E-state index contributed by atoms with van der Waals surface area (Å²) in [6.45, 7) is 5.70. The lowest BCUT2D eigenvalue weighted by Gasteiger charge is -2.01. The van der Waals surface area contributed by atoms with Crippen molar-refractivity contribution in [1.29, 1.82) is 0 Å². The second-order valence-electron chi connectivity index (χ2n) is 2.55. The van der Waals surface area contributed by atoms with E-state index in [4.69, 9.17) is 5.73 Å². The quantitative estimate of drug-likeness (QED) is 0.444. The highest BCUT2D eigenvalue weighted by atomic mass is 14.6. The van der Waals surface area contributed by atoms with Gasteiger partial charge in [0.05, 0.1) is 0 Å². The summed E-state index contributed by atoms with van der Waals surface area (Å²) in [5.41, 5.74) is 5.55. The van der Waals surface area contributed by atoms with Gasteiger partial charge in [-0.3, -0.25) is 0 Å². The number of hydrogen-bond acceptors (Lipinski definition) is 1. The molecule has 0 saturated heterocycles. The van der Waals surface area contributed by atoms with Crippen molar-refractivity contribution in [3.05, 3.63) is 12.7 Å². The standard InChI is InChI=1S/C8H17N/c1-3-4-5-6-7-8(2)9/h3,8H,1,4-7,9H2,2H3. The van der Waals surface area contributed by atoms with E-state index >= 15 is 0 Å². The molecule has 0 aromatic rings. The summed E-state index contributed by atoms with van der Waals surface area (Å²) in [4.78, 5) is 0. The summed E-state index contributed by atoms with van der Waals surface area (Å²) >= 11 is 0. The van der Waals surface area contributed by atoms with Crippen LogP contribution in [0.1, 0.15) is 32.6 Å². The Morgan fingerprint density at radius 3 is 2.67 bits per heavy atom. The number of allylic oxidation sites excluding steroid dienone is 1. The summed E-state index contributed by atoms with van der Waals surface area (Å²) < 4.78 is 0. The van der Waals surface area contributed by atoms with Gasteiger partial charge < -0.3 is 5.73 Å². The summed E-state index contributed by atoms with van der Waals surface area (Å²) in [6.07, 6.45) is 6.72. The van der Waals surface area contributed by atoms with Gasteiger partial charge in [0.1, 0.15) is 0 Å². The first-order valence-electron chi connectivity index (χ1n) is 3.64. The normalized spacial score (nSPS) is 13.1. The van der Waals surface area contributed by atoms with E-state index in [0.29, 0.717) is 6.04 Å². The van der Waals surface area contributed by atoms with Gasteiger partial charge >= 0.3 is 0 Å². The van der Waals surface area contributed by atoms with Crippen LogP contribution in [0, 0.1) is 0 Å². The number of nitrogens with two attached hydrogens (primary N) is 1. The van der Waals surface area contributed by atoms with E-state index < -0.39 is 0 Å². The average Bonchev–Trinajstić information content (AvgIpc) is 1.80. The van der Waals surface area contributed by atoms with Crippen molar-refractivity contribution in [2.75, 3.05) is 0 Å². The maximum atomic E-state index is 5.55. The molecule has 0 spiro atoms. The zero-order valence-electron chi connectivity index (χ0n) is 6.27. The second kappa shape index (κ2) is 5.83. The summed E-state index contributed by atoms with van der Waals surface area (Å²) in [5.74, 6) is 0. The molecule has 0 aromatic carbocycles. The molecule has 0 fully saturated rings. The topological polar surface area (TPSA) is 26.0 Å². The molecule has 1 unspecified atom stereocenters. The lowest BCUT2D eigenvalue weighted by Crippen LogP contribution is -2.13. The Kier molecular flexibility index (Phi) is 5.64. The van der Waals surface area contributed by atoms with Crippen molar-refractivity contribution >= 4 is 0 Å². The highest BCUT2D eigenvalue weighted by molar-refractivity contribution is 4.66. The minimum Gasteiger partial charge on any atom is -0.328 e. The Bertz CT molecular complexity index is 67.0. The third-order valence-corrected chi connectivity index (χ3v) is 1.32. The molecule has 0 aliphatic heterocycles. The fourth-order valence-electron chi connectivity index (χ4n) is 0.755. The van der Waals surface area contributed by atoms with Gasteiger partial charge in [0.25, 0.3) is 0 Å². The molecule has 0 rings (SSSR count). The van der Waals surface area contributed by atoms with Crippen molar-refractivity contribution in [3.63, 3.8) is 0 Å². The van der Waals surface area contributed by atoms with Gasteiger partial charge in [-0.1, -0.05) is 12.5 Å². The minimum atomic E-state index is 0.370. The van der Waals surface area contributed by atoms with Crippen LogP contribution in [0.15, 0.2) is 12.7 Å². The van der Waals surface area contributed by atoms with Gasteiger partial charge in [-0.05, 0) is 26.2 Å². The van der Waals surface area contributed by atoms with Gasteiger partial charge in [-0.15, -0.1) is 6.58 Å². The fraction of sp³-hybridized carbons (Fsp3) is 0.750. The molecule has 0 radical (unpaired) electrons. The van der Waals surface area contributed by atoms with Crippen LogP contribution in [-0.2, 0) is 0 Å². The zero-order valence-corrected chi connectivity index (χ0v) is 6.27. The smallest absolute Gasteiger partial charge is 0.00104 e. The Morgan fingerprint density at radius 2 is 2.22 bits per heavy atom. The van der Waals surface area contributed by atoms with Crippen LogP contribution in [0.3, 0.4) is 0 Å². The lowest BCUT2D eigenvalue weighted by molar-refractivity contribution is 0.601. The van der Waals surface area contributed by atoms with Gasteiger partial charge in [-0.2, -0.15) is 0 Å². The molecule has 1 heteroatoms. The fourth-order valence-corrected chi connectivity index (χ4v) is 0.755. The molecule has 0 saturated carbocycles. The summed E-state index contributed by atoms with van der Waals surface area (Å²) in [5, 5.41) is 0. The van der Waals surface area contributed by atoms with Crippen LogP contribution in [0.25, 0.3) is 0 Å². The summed E-state index contributed by atoms with van der Waals surface area (Å²) in [7, 11) is 0. The maximum Gasteiger partial charge on any atom is 0.00104 e. The monoisotopic (exact) mass is 127 g/mol. The molecule has 0 heterocycles. The van der Waals surface area contributed by atoms with Crippen molar-refractivity contribution in [2.24, 2.45) is 5.73 Å². The summed E-state index contributed by atoms with van der Waals surface area (Å²) in [6, 6.07) is 0.370. The largest absolute Gasteiger partial charge is 0.328 e. The SMILES string of the molecule is C=CCCCCC(C)N. The van der Waals surface area contributed by atoms with Crippen LogP contribution >= 0.6 is 0 Å². The molecule has 1 nitrogen and oxygen atoms in total. The van der Waals surface area contributed by atoms with Crippen molar-refractivity contribution in [3.8, 4) is 0 Å². The van der Waals surface area contributed by atoms with E-state index in [1.165, 1.54) is 12.8 Å². The third-order valence-electron chi connectivity index (χ3n) is 1.32. The lowest BCUT2D eigenvalue weighted by atomic mass is 10.1. The Morgan fingerprint density at radius 1 is 1.56 bits per heavy atom. The Balaban J connectivity index is 2.82. The second-order valence-corrected chi connectivity index (χ2v) is 2.55. The van der Waals surface area contributed by atoms with Crippen molar-refractivity contribution < 1.29 is 0 Å². The van der Waals surface area contributed by atoms with E-state index in [0.717, 1.165) is 12.8 Å². The first kappa shape index (κ1) is 8.70. The predicted octanol–water partition coefficient (Wildman–Crippen LogP) is 2.08. The van der Waals surface area contributed by atoms with E-state index in [2.05, 4.69) is 6.58 Å². The number of hydrogen-bond donors (Lipinski definition) is 1. The molecule has 0 aromatic heterocycles. The molecule has 0 amide bonds. The molecular weight excluding hydrogens is 110 g/mol. The van der Waals surface area contributed by atoms with Crippen LogP contribution in [0.2, 0.25) is 0 Å².